The topological polar surface area (TPSA) is 161 Å². The molecule has 7 N–H and O–H groups in total. The molecule has 102 valence electrons. The molecule has 0 saturated heterocycles. The van der Waals surface area contributed by atoms with Crippen LogP contribution in [-0.2, 0) is 15.0 Å². The second-order valence-corrected chi connectivity index (χ2v) is 5.48. The number of carbonyl (C=O) groups is 1. The van der Waals surface area contributed by atoms with Gasteiger partial charge in [-0.15, -0.1) is 0 Å². The van der Waals surface area contributed by atoms with Crippen LogP contribution >= 0.6 is 0 Å². The summed E-state index contributed by atoms with van der Waals surface area (Å²) in [6, 6.07) is 5.42. The van der Waals surface area contributed by atoms with Crippen LogP contribution < -0.4 is 5.73 Å². The first-order chi connectivity index (χ1) is 8.09. The summed E-state index contributed by atoms with van der Waals surface area (Å²) >= 11 is -5.12. The van der Waals surface area contributed by atoms with E-state index >= 15 is 0 Å². The number of phenolic OH excluding ortho intramolecular Hbond substituents is 1. The van der Waals surface area contributed by atoms with E-state index < -0.39 is 26.5 Å². The zero-order valence-electron chi connectivity index (χ0n) is 9.17. The molecule has 0 aliphatic carbocycles. The Labute approximate surface area is 106 Å². The van der Waals surface area contributed by atoms with Crippen molar-refractivity contribution >= 4 is 20.5 Å². The summed E-state index contributed by atoms with van der Waals surface area (Å²) in [5, 5.41) is 17.5. The molecule has 1 rings (SSSR count). The number of phenols is 1. The van der Waals surface area contributed by atoms with Crippen LogP contribution in [0.2, 0.25) is 0 Å². The average molecular weight is 323 g/mol. The fourth-order valence-corrected chi connectivity index (χ4v) is 0.973. The molecule has 0 aliphatic rings. The maximum atomic E-state index is 10.4. The first kappa shape index (κ1) is 16.7. The van der Waals surface area contributed by atoms with Crippen molar-refractivity contribution in [1.82, 2.24) is 0 Å². The molecular formula is C9H14AsNO7. The summed E-state index contributed by atoms with van der Waals surface area (Å²) in [5.74, 6) is -0.860. The van der Waals surface area contributed by atoms with E-state index in [1.807, 2.05) is 0 Å². The van der Waals surface area contributed by atoms with Crippen LogP contribution in [0.1, 0.15) is 5.56 Å². The minimum atomic E-state index is -5.12. The van der Waals surface area contributed by atoms with Crippen LogP contribution in [0.5, 0.6) is 5.75 Å². The van der Waals surface area contributed by atoms with Crippen molar-refractivity contribution in [2.75, 3.05) is 0 Å². The van der Waals surface area contributed by atoms with E-state index in [9.17, 15) is 4.79 Å². The number of benzene rings is 1. The van der Waals surface area contributed by atoms with Gasteiger partial charge in [-0.3, -0.25) is 4.79 Å². The van der Waals surface area contributed by atoms with Crippen molar-refractivity contribution in [2.45, 2.75) is 12.5 Å². The Hall–Kier alpha value is -1.31. The maximum absolute atomic E-state index is 10.4. The molecule has 8 nitrogen and oxygen atoms in total. The zero-order valence-corrected chi connectivity index (χ0v) is 11.0. The Balaban J connectivity index is 0.000000494. The monoisotopic (exact) mass is 323 g/mol. The Morgan fingerprint density at radius 3 is 1.94 bits per heavy atom. The quantitative estimate of drug-likeness (QED) is 0.354. The summed E-state index contributed by atoms with van der Waals surface area (Å²) in [4.78, 5) is 10.4. The third-order valence-corrected chi connectivity index (χ3v) is 1.71. The number of hydrogen-bond donors (Lipinski definition) is 6. The third-order valence-electron chi connectivity index (χ3n) is 1.71. The van der Waals surface area contributed by atoms with Crippen molar-refractivity contribution in [3.8, 4) is 5.75 Å². The second-order valence-electron chi connectivity index (χ2n) is 3.33. The summed E-state index contributed by atoms with van der Waals surface area (Å²) in [7, 11) is 0. The van der Waals surface area contributed by atoms with Crippen LogP contribution in [0.4, 0.5) is 0 Å². The summed E-state index contributed by atoms with van der Waals surface area (Å²) in [6.45, 7) is 0. The van der Waals surface area contributed by atoms with Gasteiger partial charge in [0.2, 0.25) is 0 Å². The van der Waals surface area contributed by atoms with Gasteiger partial charge in [-0.1, -0.05) is 12.1 Å². The molecule has 0 aliphatic heterocycles. The van der Waals surface area contributed by atoms with Gasteiger partial charge in [0, 0.05) is 0 Å². The molecule has 0 unspecified atom stereocenters. The first-order valence-electron chi connectivity index (χ1n) is 4.64. The van der Waals surface area contributed by atoms with E-state index in [-0.39, 0.29) is 12.2 Å². The Bertz CT molecular complexity index is 419. The molecule has 1 atom stereocenters. The molecule has 0 aromatic heterocycles. The molecule has 0 fully saturated rings. The molecule has 0 amide bonds. The van der Waals surface area contributed by atoms with Crippen molar-refractivity contribution < 1.29 is 31.0 Å². The Morgan fingerprint density at radius 1 is 1.22 bits per heavy atom. The van der Waals surface area contributed by atoms with E-state index in [0.717, 1.165) is 5.56 Å². The van der Waals surface area contributed by atoms with Gasteiger partial charge in [-0.25, -0.2) is 0 Å². The predicted octanol–water partition coefficient (Wildman–Crippen LogP) is -1.82. The number of carboxylic acids is 1. The molecule has 0 heterocycles. The predicted molar refractivity (Wildman–Crippen MR) is 60.5 cm³/mol. The number of carboxylic acid groups (broad SMARTS) is 1. The second kappa shape index (κ2) is 7.20. The summed E-state index contributed by atoms with van der Waals surface area (Å²) < 4.78 is 30.7. The fraction of sp³-hybridized carbons (Fsp3) is 0.222. The number of hydrogen-bond acceptors (Lipinski definition) is 4. The summed E-state index contributed by atoms with van der Waals surface area (Å²) in [5.41, 5.74) is 6.12. The number of aromatic hydroxyl groups is 1. The molecule has 0 spiro atoms. The Kier molecular flexibility index (Phi) is 6.67. The van der Waals surface area contributed by atoms with E-state index in [2.05, 4.69) is 0 Å². The van der Waals surface area contributed by atoms with Gasteiger partial charge < -0.3 is 15.9 Å². The van der Waals surface area contributed by atoms with Crippen LogP contribution in [0, 0.1) is 0 Å². The van der Waals surface area contributed by atoms with Gasteiger partial charge in [-0.2, -0.15) is 0 Å². The SMILES string of the molecule is N[C@@H](Cc1ccc(O)cc1)C(=O)O.O=[As](O)(O)O. The number of aliphatic carboxylic acids is 1. The molecule has 0 bridgehead atoms. The summed E-state index contributed by atoms with van der Waals surface area (Å²) in [6.07, 6.45) is 0.273. The fourth-order valence-electron chi connectivity index (χ4n) is 0.973. The van der Waals surface area contributed by atoms with Gasteiger partial charge in [0.05, 0.1) is 0 Å². The van der Waals surface area contributed by atoms with Crippen molar-refractivity contribution in [2.24, 2.45) is 5.73 Å². The van der Waals surface area contributed by atoms with Crippen LogP contribution in [-0.4, -0.2) is 49.0 Å². The molecular weight excluding hydrogens is 309 g/mol. The van der Waals surface area contributed by atoms with Crippen LogP contribution in [0.15, 0.2) is 24.3 Å². The van der Waals surface area contributed by atoms with Gasteiger partial charge in [0.1, 0.15) is 11.8 Å². The first-order valence-corrected chi connectivity index (χ1v) is 7.92. The minimum absolute atomic E-state index is 0.160. The zero-order chi connectivity index (χ0) is 14.3. The van der Waals surface area contributed by atoms with Gasteiger partial charge in [0.25, 0.3) is 0 Å². The van der Waals surface area contributed by atoms with E-state index in [4.69, 9.17) is 32.0 Å². The van der Waals surface area contributed by atoms with Crippen molar-refractivity contribution in [3.63, 3.8) is 0 Å². The normalized spacial score (nSPS) is 12.2. The van der Waals surface area contributed by atoms with Gasteiger partial charge in [-0.05, 0) is 24.1 Å². The van der Waals surface area contributed by atoms with E-state index in [0.29, 0.717) is 0 Å². The standard InChI is InChI=1S/C9H11NO3.AsH3O4/c10-8(9(12)13)5-6-1-3-7(11)4-2-6;2-1(3,4)5/h1-4,8,11H,5,10H2,(H,12,13);(H3,2,3,4,5)/t8-;/m0./s1. The Morgan fingerprint density at radius 2 is 1.61 bits per heavy atom. The third kappa shape index (κ3) is 9.88. The van der Waals surface area contributed by atoms with Gasteiger partial charge >= 0.3 is 36.5 Å². The molecule has 1 aromatic rings. The number of rotatable bonds is 3. The van der Waals surface area contributed by atoms with Crippen LogP contribution in [0.3, 0.4) is 0 Å². The molecule has 9 heteroatoms. The molecule has 18 heavy (non-hydrogen) atoms. The number of nitrogens with two attached hydrogens (primary N) is 1. The van der Waals surface area contributed by atoms with Crippen molar-refractivity contribution in [1.29, 1.82) is 0 Å². The van der Waals surface area contributed by atoms with Crippen molar-refractivity contribution in [3.05, 3.63) is 29.8 Å². The van der Waals surface area contributed by atoms with Crippen LogP contribution in [0.25, 0.3) is 0 Å². The van der Waals surface area contributed by atoms with E-state index in [1.165, 1.54) is 12.1 Å². The van der Waals surface area contributed by atoms with E-state index in [1.54, 1.807) is 12.1 Å². The van der Waals surface area contributed by atoms with Gasteiger partial charge in [0.15, 0.2) is 0 Å². The molecule has 0 radical (unpaired) electrons. The average Bonchev–Trinajstić information content (AvgIpc) is 2.18. The molecule has 1 aromatic carbocycles. The molecule has 0 saturated carbocycles.